The van der Waals surface area contributed by atoms with E-state index in [1.807, 2.05) is 6.07 Å². The number of anilines is 1. The van der Waals surface area contributed by atoms with Gasteiger partial charge in [-0.1, -0.05) is 34.8 Å². The number of hydrogen-bond acceptors (Lipinski definition) is 4. The van der Waals surface area contributed by atoms with Crippen molar-refractivity contribution in [2.45, 2.75) is 6.54 Å². The number of aromatic nitrogens is 2. The van der Waals surface area contributed by atoms with Crippen LogP contribution < -0.4 is 10.9 Å². The summed E-state index contributed by atoms with van der Waals surface area (Å²) in [7, 11) is 0. The van der Waals surface area contributed by atoms with Crippen LogP contribution in [0.1, 0.15) is 5.56 Å². The van der Waals surface area contributed by atoms with Crippen LogP contribution in [0.5, 0.6) is 0 Å². The molecule has 1 heterocycles. The Kier molecular flexibility index (Phi) is 5.14. The van der Waals surface area contributed by atoms with Crippen molar-refractivity contribution in [1.82, 2.24) is 9.55 Å². The summed E-state index contributed by atoms with van der Waals surface area (Å²) in [4.78, 5) is 28.9. The molecule has 0 radical (unpaired) electrons. The summed E-state index contributed by atoms with van der Waals surface area (Å²) in [6.07, 6.45) is 1.23. The lowest BCUT2D eigenvalue weighted by Gasteiger charge is -2.10. The Labute approximate surface area is 162 Å². The van der Waals surface area contributed by atoms with Gasteiger partial charge in [0.2, 0.25) is 5.91 Å². The number of hydrogen-bond donors (Lipinski definition) is 1. The van der Waals surface area contributed by atoms with E-state index < -0.39 is 11.5 Å². The van der Waals surface area contributed by atoms with Gasteiger partial charge in [-0.15, -0.1) is 0 Å². The Morgan fingerprint density at radius 1 is 1.19 bits per heavy atom. The monoisotopic (exact) mass is 406 g/mol. The van der Waals surface area contributed by atoms with Crippen LogP contribution in [-0.4, -0.2) is 15.5 Å². The van der Waals surface area contributed by atoms with Crippen molar-refractivity contribution in [1.29, 1.82) is 5.26 Å². The molecule has 3 rings (SSSR count). The fourth-order valence-corrected chi connectivity index (χ4v) is 3.08. The van der Waals surface area contributed by atoms with Crippen LogP contribution in [0, 0.1) is 11.3 Å². The number of nitrogens with one attached hydrogen (secondary N) is 1. The van der Waals surface area contributed by atoms with Gasteiger partial charge in [0, 0.05) is 10.0 Å². The van der Waals surface area contributed by atoms with Crippen molar-refractivity contribution < 1.29 is 4.79 Å². The Balaban J connectivity index is 1.91. The van der Waals surface area contributed by atoms with E-state index in [4.69, 9.17) is 40.1 Å². The maximum absolute atomic E-state index is 12.6. The zero-order valence-electron chi connectivity index (χ0n) is 13.0. The van der Waals surface area contributed by atoms with Gasteiger partial charge in [-0.25, -0.2) is 4.98 Å². The Bertz CT molecular complexity index is 1140. The molecule has 0 fully saturated rings. The number of fused-ring (bicyclic) bond motifs is 1. The molecule has 0 atom stereocenters. The Morgan fingerprint density at radius 2 is 1.96 bits per heavy atom. The second-order valence-electron chi connectivity index (χ2n) is 5.31. The Morgan fingerprint density at radius 3 is 2.69 bits per heavy atom. The summed E-state index contributed by atoms with van der Waals surface area (Å²) in [6, 6.07) is 9.37. The van der Waals surface area contributed by atoms with E-state index in [1.165, 1.54) is 30.6 Å². The van der Waals surface area contributed by atoms with Crippen LogP contribution in [0.2, 0.25) is 15.1 Å². The average Bonchev–Trinajstić information content (AvgIpc) is 2.58. The number of rotatable bonds is 3. The van der Waals surface area contributed by atoms with E-state index in [2.05, 4.69) is 10.3 Å². The lowest BCUT2D eigenvalue weighted by molar-refractivity contribution is -0.116. The molecule has 130 valence electrons. The van der Waals surface area contributed by atoms with Crippen LogP contribution in [0.15, 0.2) is 41.5 Å². The quantitative estimate of drug-likeness (QED) is 0.714. The van der Waals surface area contributed by atoms with Gasteiger partial charge in [-0.2, -0.15) is 5.26 Å². The first-order chi connectivity index (χ1) is 12.4. The van der Waals surface area contributed by atoms with Gasteiger partial charge in [-0.05, 0) is 30.3 Å². The van der Waals surface area contributed by atoms with E-state index in [9.17, 15) is 9.59 Å². The first-order valence-corrected chi connectivity index (χ1v) is 8.36. The highest BCUT2D eigenvalue weighted by atomic mass is 35.5. The van der Waals surface area contributed by atoms with Gasteiger partial charge in [0.25, 0.3) is 5.56 Å². The van der Waals surface area contributed by atoms with Crippen molar-refractivity contribution >= 4 is 57.3 Å². The largest absolute Gasteiger partial charge is 0.323 e. The van der Waals surface area contributed by atoms with Crippen LogP contribution in [-0.2, 0) is 11.3 Å². The summed E-state index contributed by atoms with van der Waals surface area (Å²) in [6.45, 7) is -0.302. The molecule has 0 aliphatic carbocycles. The minimum absolute atomic E-state index is 0.207. The molecule has 0 aliphatic heterocycles. The lowest BCUT2D eigenvalue weighted by atomic mass is 10.2. The number of halogens is 3. The number of benzene rings is 2. The van der Waals surface area contributed by atoms with E-state index in [-0.39, 0.29) is 28.2 Å². The van der Waals surface area contributed by atoms with Crippen LogP contribution >= 0.6 is 34.8 Å². The molecule has 1 aromatic heterocycles. The summed E-state index contributed by atoms with van der Waals surface area (Å²) in [5.74, 6) is -0.514. The maximum atomic E-state index is 12.6. The summed E-state index contributed by atoms with van der Waals surface area (Å²) >= 11 is 17.8. The number of nitrogens with zero attached hydrogens (tertiary/aromatic N) is 3. The molecular weight excluding hydrogens is 399 g/mol. The third-order valence-electron chi connectivity index (χ3n) is 3.54. The molecule has 0 spiro atoms. The molecule has 0 aliphatic rings. The zero-order chi connectivity index (χ0) is 18.8. The summed E-state index contributed by atoms with van der Waals surface area (Å²) < 4.78 is 1.13. The molecule has 0 saturated heterocycles. The predicted octanol–water partition coefficient (Wildman–Crippen LogP) is 3.87. The second-order valence-corrected chi connectivity index (χ2v) is 6.59. The van der Waals surface area contributed by atoms with Crippen molar-refractivity contribution in [3.63, 3.8) is 0 Å². The molecule has 3 aromatic rings. The molecule has 0 unspecified atom stereocenters. The first kappa shape index (κ1) is 18.2. The topological polar surface area (TPSA) is 87.8 Å². The van der Waals surface area contributed by atoms with E-state index >= 15 is 0 Å². The van der Waals surface area contributed by atoms with E-state index in [0.29, 0.717) is 15.6 Å². The number of amides is 1. The van der Waals surface area contributed by atoms with Crippen molar-refractivity contribution in [3.05, 3.63) is 67.6 Å². The first-order valence-electron chi connectivity index (χ1n) is 7.22. The van der Waals surface area contributed by atoms with Gasteiger partial charge >= 0.3 is 0 Å². The molecule has 0 saturated carbocycles. The van der Waals surface area contributed by atoms with Gasteiger partial charge in [0.15, 0.2) is 0 Å². The van der Waals surface area contributed by atoms with Crippen LogP contribution in [0.25, 0.3) is 10.9 Å². The number of nitriles is 1. The molecule has 26 heavy (non-hydrogen) atoms. The molecular formula is C17H9Cl3N4O2. The van der Waals surface area contributed by atoms with Crippen molar-refractivity contribution in [3.8, 4) is 6.07 Å². The third-order valence-corrected chi connectivity index (χ3v) is 4.28. The van der Waals surface area contributed by atoms with Gasteiger partial charge in [0.05, 0.1) is 33.5 Å². The SMILES string of the molecule is N#Cc1ccc(Cl)cc1NC(=O)Cn1cnc2c(Cl)cc(Cl)cc2c1=O. The predicted molar refractivity (Wildman–Crippen MR) is 101 cm³/mol. The van der Waals surface area contributed by atoms with Gasteiger partial charge in [-0.3, -0.25) is 14.2 Å². The molecule has 6 nitrogen and oxygen atoms in total. The van der Waals surface area contributed by atoms with Crippen LogP contribution in [0.4, 0.5) is 5.69 Å². The van der Waals surface area contributed by atoms with Gasteiger partial charge in [0.1, 0.15) is 12.6 Å². The lowest BCUT2D eigenvalue weighted by Crippen LogP contribution is -2.28. The van der Waals surface area contributed by atoms with E-state index in [0.717, 1.165) is 4.57 Å². The molecule has 0 bridgehead atoms. The molecule has 1 N–H and O–H groups in total. The molecule has 1 amide bonds. The fourth-order valence-electron chi connectivity index (χ4n) is 2.37. The maximum Gasteiger partial charge on any atom is 0.261 e. The van der Waals surface area contributed by atoms with Crippen molar-refractivity contribution in [2.75, 3.05) is 5.32 Å². The van der Waals surface area contributed by atoms with Gasteiger partial charge < -0.3 is 5.32 Å². The minimum Gasteiger partial charge on any atom is -0.323 e. The average molecular weight is 408 g/mol. The standard InChI is InChI=1S/C17H9Cl3N4O2/c18-10-2-1-9(6-21)14(5-10)23-15(25)7-24-8-22-16-12(17(24)26)3-11(19)4-13(16)20/h1-5,8H,7H2,(H,23,25). The Hall–Kier alpha value is -2.59. The highest BCUT2D eigenvalue weighted by molar-refractivity contribution is 6.38. The smallest absolute Gasteiger partial charge is 0.261 e. The molecule has 2 aromatic carbocycles. The van der Waals surface area contributed by atoms with Crippen molar-refractivity contribution in [2.24, 2.45) is 0 Å². The second kappa shape index (κ2) is 7.34. The summed E-state index contributed by atoms with van der Waals surface area (Å²) in [5, 5.41) is 12.8. The molecule has 9 heteroatoms. The van der Waals surface area contributed by atoms with E-state index in [1.54, 1.807) is 6.07 Å². The number of carbonyl (C=O) groups excluding carboxylic acids is 1. The third kappa shape index (κ3) is 3.65. The minimum atomic E-state index is -0.514. The highest BCUT2D eigenvalue weighted by Gasteiger charge is 2.13. The zero-order valence-corrected chi connectivity index (χ0v) is 15.2. The highest BCUT2D eigenvalue weighted by Crippen LogP contribution is 2.24. The normalized spacial score (nSPS) is 10.5. The number of carbonyl (C=O) groups is 1. The summed E-state index contributed by atoms with van der Waals surface area (Å²) in [5.41, 5.74) is 0.365. The fraction of sp³-hybridized carbons (Fsp3) is 0.0588. The van der Waals surface area contributed by atoms with Crippen LogP contribution in [0.3, 0.4) is 0 Å².